The Kier molecular flexibility index (Phi) is 4.15. The van der Waals surface area contributed by atoms with E-state index in [0.29, 0.717) is 5.57 Å². The molecule has 0 spiro atoms. The van der Waals surface area contributed by atoms with Crippen molar-refractivity contribution < 1.29 is 9.90 Å². The van der Waals surface area contributed by atoms with Crippen molar-refractivity contribution >= 4 is 5.97 Å². The van der Waals surface area contributed by atoms with Crippen molar-refractivity contribution in [2.45, 2.75) is 26.3 Å². The third-order valence-corrected chi connectivity index (χ3v) is 3.47. The first-order valence-electron chi connectivity index (χ1n) is 6.35. The molecule has 1 saturated heterocycles. The summed E-state index contributed by atoms with van der Waals surface area (Å²) in [6.45, 7) is 4.44. The quantitative estimate of drug-likeness (QED) is 0.832. The van der Waals surface area contributed by atoms with E-state index in [1.54, 1.807) is 6.92 Å². The van der Waals surface area contributed by atoms with Crippen molar-refractivity contribution in [2.24, 2.45) is 0 Å². The standard InChI is InChI=1S/C15H19NO2/c1-12(15(17)18)14-8-5-9-16(11-14)10-13-6-3-2-4-7-13/h2-4,6-7H,5,8-11H2,1H3,(H,17,18)/b14-12+. The Morgan fingerprint density at radius 2 is 2.06 bits per heavy atom. The zero-order valence-electron chi connectivity index (χ0n) is 10.7. The maximum Gasteiger partial charge on any atom is 0.331 e. The lowest BCUT2D eigenvalue weighted by Crippen LogP contribution is -2.31. The second-order valence-electron chi connectivity index (χ2n) is 4.83. The van der Waals surface area contributed by atoms with Gasteiger partial charge in [-0.05, 0) is 37.4 Å². The van der Waals surface area contributed by atoms with Gasteiger partial charge in [-0.2, -0.15) is 0 Å². The normalized spacial score (nSPS) is 19.6. The number of rotatable bonds is 3. The minimum Gasteiger partial charge on any atom is -0.478 e. The van der Waals surface area contributed by atoms with E-state index in [2.05, 4.69) is 17.0 Å². The first kappa shape index (κ1) is 12.8. The lowest BCUT2D eigenvalue weighted by molar-refractivity contribution is -0.132. The fourth-order valence-electron chi connectivity index (χ4n) is 2.38. The zero-order chi connectivity index (χ0) is 13.0. The number of nitrogens with zero attached hydrogens (tertiary/aromatic N) is 1. The molecule has 1 aliphatic heterocycles. The summed E-state index contributed by atoms with van der Waals surface area (Å²) < 4.78 is 0. The van der Waals surface area contributed by atoms with E-state index in [9.17, 15) is 4.79 Å². The lowest BCUT2D eigenvalue weighted by atomic mass is 9.99. The highest BCUT2D eigenvalue weighted by Crippen LogP contribution is 2.20. The molecule has 1 heterocycles. The molecule has 0 amide bonds. The van der Waals surface area contributed by atoms with Gasteiger partial charge in [0.25, 0.3) is 0 Å². The maximum absolute atomic E-state index is 11.0. The molecule has 1 fully saturated rings. The number of hydrogen-bond donors (Lipinski definition) is 1. The van der Waals surface area contributed by atoms with Gasteiger partial charge in [0, 0.05) is 18.7 Å². The van der Waals surface area contributed by atoms with Crippen LogP contribution in [0.1, 0.15) is 25.3 Å². The molecule has 0 radical (unpaired) electrons. The van der Waals surface area contributed by atoms with Gasteiger partial charge < -0.3 is 5.11 Å². The van der Waals surface area contributed by atoms with E-state index in [4.69, 9.17) is 5.11 Å². The van der Waals surface area contributed by atoms with Crippen LogP contribution in [0.4, 0.5) is 0 Å². The van der Waals surface area contributed by atoms with E-state index in [-0.39, 0.29) is 0 Å². The Balaban J connectivity index is 2.04. The number of piperidine rings is 1. The SMILES string of the molecule is C/C(C(=O)O)=C1/CCCN(Cc2ccccc2)C1. The summed E-state index contributed by atoms with van der Waals surface area (Å²) in [6.07, 6.45) is 1.97. The van der Waals surface area contributed by atoms with Gasteiger partial charge in [0.15, 0.2) is 0 Å². The Morgan fingerprint density at radius 3 is 2.72 bits per heavy atom. The van der Waals surface area contributed by atoms with Gasteiger partial charge in [-0.15, -0.1) is 0 Å². The molecular formula is C15H19NO2. The van der Waals surface area contributed by atoms with E-state index in [0.717, 1.165) is 38.0 Å². The number of carboxylic acids is 1. The highest BCUT2D eigenvalue weighted by Gasteiger charge is 2.18. The van der Waals surface area contributed by atoms with Gasteiger partial charge in [-0.3, -0.25) is 4.90 Å². The number of carbonyl (C=O) groups is 1. The van der Waals surface area contributed by atoms with Crippen LogP contribution in [-0.2, 0) is 11.3 Å². The molecule has 3 nitrogen and oxygen atoms in total. The smallest absolute Gasteiger partial charge is 0.331 e. The third kappa shape index (κ3) is 3.20. The molecule has 0 aromatic heterocycles. The second kappa shape index (κ2) is 5.83. The van der Waals surface area contributed by atoms with Crippen molar-refractivity contribution in [3.05, 3.63) is 47.0 Å². The highest BCUT2D eigenvalue weighted by atomic mass is 16.4. The van der Waals surface area contributed by atoms with Crippen LogP contribution < -0.4 is 0 Å². The molecule has 0 unspecified atom stereocenters. The summed E-state index contributed by atoms with van der Waals surface area (Å²) in [7, 11) is 0. The van der Waals surface area contributed by atoms with E-state index < -0.39 is 5.97 Å². The predicted molar refractivity (Wildman–Crippen MR) is 71.3 cm³/mol. The zero-order valence-corrected chi connectivity index (χ0v) is 10.7. The van der Waals surface area contributed by atoms with Gasteiger partial charge >= 0.3 is 5.97 Å². The van der Waals surface area contributed by atoms with Crippen molar-refractivity contribution in [2.75, 3.05) is 13.1 Å². The molecule has 1 aliphatic rings. The Morgan fingerprint density at radius 1 is 1.33 bits per heavy atom. The topological polar surface area (TPSA) is 40.5 Å². The Labute approximate surface area is 108 Å². The molecule has 0 atom stereocenters. The van der Waals surface area contributed by atoms with Gasteiger partial charge in [-0.25, -0.2) is 4.79 Å². The number of benzene rings is 1. The average molecular weight is 245 g/mol. The van der Waals surface area contributed by atoms with Crippen molar-refractivity contribution in [3.63, 3.8) is 0 Å². The molecule has 1 aromatic carbocycles. The average Bonchev–Trinajstić information content (AvgIpc) is 2.39. The van der Waals surface area contributed by atoms with Crippen LogP contribution in [0.25, 0.3) is 0 Å². The largest absolute Gasteiger partial charge is 0.478 e. The predicted octanol–water partition coefficient (Wildman–Crippen LogP) is 2.68. The summed E-state index contributed by atoms with van der Waals surface area (Å²) >= 11 is 0. The maximum atomic E-state index is 11.0. The van der Waals surface area contributed by atoms with E-state index >= 15 is 0 Å². The molecule has 0 aliphatic carbocycles. The summed E-state index contributed by atoms with van der Waals surface area (Å²) in [5.74, 6) is -0.786. The van der Waals surface area contributed by atoms with Crippen LogP contribution in [0.3, 0.4) is 0 Å². The van der Waals surface area contributed by atoms with Gasteiger partial charge in [0.2, 0.25) is 0 Å². The molecular weight excluding hydrogens is 226 g/mol. The van der Waals surface area contributed by atoms with Crippen LogP contribution in [0.5, 0.6) is 0 Å². The first-order valence-corrected chi connectivity index (χ1v) is 6.35. The number of likely N-dealkylation sites (tertiary alicyclic amines) is 1. The Bertz CT molecular complexity index is 451. The monoisotopic (exact) mass is 245 g/mol. The van der Waals surface area contributed by atoms with Crippen LogP contribution in [0.15, 0.2) is 41.5 Å². The lowest BCUT2D eigenvalue weighted by Gasteiger charge is -2.29. The molecule has 3 heteroatoms. The number of aliphatic carboxylic acids is 1. The Hall–Kier alpha value is -1.61. The molecule has 0 saturated carbocycles. The summed E-state index contributed by atoms with van der Waals surface area (Å²) in [5.41, 5.74) is 2.88. The number of hydrogen-bond acceptors (Lipinski definition) is 2. The van der Waals surface area contributed by atoms with Gasteiger partial charge in [0.05, 0.1) is 0 Å². The number of carboxylic acid groups (broad SMARTS) is 1. The van der Waals surface area contributed by atoms with Crippen molar-refractivity contribution in [1.82, 2.24) is 4.90 Å². The summed E-state index contributed by atoms with van der Waals surface area (Å²) in [4.78, 5) is 13.3. The van der Waals surface area contributed by atoms with Gasteiger partial charge in [0.1, 0.15) is 0 Å². The summed E-state index contributed by atoms with van der Waals surface area (Å²) in [6, 6.07) is 10.3. The highest BCUT2D eigenvalue weighted by molar-refractivity contribution is 5.86. The molecule has 1 N–H and O–H groups in total. The van der Waals surface area contributed by atoms with Crippen LogP contribution in [0, 0.1) is 0 Å². The van der Waals surface area contributed by atoms with Crippen molar-refractivity contribution in [3.8, 4) is 0 Å². The second-order valence-corrected chi connectivity index (χ2v) is 4.83. The summed E-state index contributed by atoms with van der Waals surface area (Å²) in [5, 5.41) is 9.03. The van der Waals surface area contributed by atoms with E-state index in [1.807, 2.05) is 18.2 Å². The molecule has 0 bridgehead atoms. The van der Waals surface area contributed by atoms with Crippen LogP contribution in [-0.4, -0.2) is 29.1 Å². The minimum absolute atomic E-state index is 0.521. The third-order valence-electron chi connectivity index (χ3n) is 3.47. The van der Waals surface area contributed by atoms with E-state index in [1.165, 1.54) is 5.56 Å². The molecule has 1 aromatic rings. The molecule has 2 rings (SSSR count). The molecule has 18 heavy (non-hydrogen) atoms. The fraction of sp³-hybridized carbons (Fsp3) is 0.400. The fourth-order valence-corrected chi connectivity index (χ4v) is 2.38. The van der Waals surface area contributed by atoms with Crippen LogP contribution >= 0.6 is 0 Å². The minimum atomic E-state index is -0.786. The van der Waals surface area contributed by atoms with Crippen molar-refractivity contribution in [1.29, 1.82) is 0 Å². The van der Waals surface area contributed by atoms with Gasteiger partial charge in [-0.1, -0.05) is 30.3 Å². The first-order chi connectivity index (χ1) is 8.66. The molecule has 96 valence electrons. The van der Waals surface area contributed by atoms with Crippen LogP contribution in [0.2, 0.25) is 0 Å².